The number of sulfonamides is 1. The van der Waals surface area contributed by atoms with Gasteiger partial charge in [-0.15, -0.1) is 0 Å². The molecule has 1 saturated heterocycles. The summed E-state index contributed by atoms with van der Waals surface area (Å²) >= 11 is 12.5. The fourth-order valence-corrected chi connectivity index (χ4v) is 10.2. The van der Waals surface area contributed by atoms with E-state index >= 15 is 0 Å². The van der Waals surface area contributed by atoms with Crippen molar-refractivity contribution in [2.75, 3.05) is 5.75 Å². The Labute approximate surface area is 252 Å². The van der Waals surface area contributed by atoms with E-state index < -0.39 is 51.1 Å². The predicted octanol–water partition coefficient (Wildman–Crippen LogP) is 7.20. The summed E-state index contributed by atoms with van der Waals surface area (Å²) in [7, 11) is -4.01. The van der Waals surface area contributed by atoms with E-state index in [9.17, 15) is 26.8 Å². The minimum Gasteiger partial charge on any atom is -0.449 e. The van der Waals surface area contributed by atoms with E-state index in [1.165, 1.54) is 12.1 Å². The largest absolute Gasteiger partial charge is 0.449 e. The Bertz CT molecular complexity index is 1730. The van der Waals surface area contributed by atoms with E-state index in [2.05, 4.69) is 13.8 Å². The Kier molecular flexibility index (Phi) is 6.94. The van der Waals surface area contributed by atoms with Gasteiger partial charge < -0.3 is 4.74 Å². The van der Waals surface area contributed by atoms with Crippen molar-refractivity contribution in [1.82, 2.24) is 4.31 Å². The molecule has 1 amide bonds. The molecular formula is C31H27Cl2F2NO5S. The number of halogens is 4. The third-order valence-corrected chi connectivity index (χ3v) is 12.3. The van der Waals surface area contributed by atoms with Gasteiger partial charge in [0.05, 0.1) is 33.0 Å². The number of nitrogens with zero attached hydrogens (tertiary/aromatic N) is 1. The smallest absolute Gasteiger partial charge is 0.339 e. The van der Waals surface area contributed by atoms with Crippen molar-refractivity contribution in [3.63, 3.8) is 0 Å². The van der Waals surface area contributed by atoms with E-state index in [1.54, 1.807) is 30.3 Å². The van der Waals surface area contributed by atoms with Gasteiger partial charge in [-0.3, -0.25) is 4.79 Å². The van der Waals surface area contributed by atoms with Crippen LogP contribution in [-0.4, -0.2) is 36.4 Å². The number of carbonyl (C=O) groups excluding carboxylic acids is 2. The van der Waals surface area contributed by atoms with Crippen LogP contribution in [0.5, 0.6) is 0 Å². The predicted molar refractivity (Wildman–Crippen MR) is 154 cm³/mol. The molecule has 2 aliphatic carbocycles. The van der Waals surface area contributed by atoms with Gasteiger partial charge in [-0.2, -0.15) is 0 Å². The molecule has 6 rings (SSSR count). The van der Waals surface area contributed by atoms with Crippen LogP contribution in [0.4, 0.5) is 8.78 Å². The van der Waals surface area contributed by atoms with E-state index in [0.717, 1.165) is 28.9 Å². The first kappa shape index (κ1) is 29.1. The van der Waals surface area contributed by atoms with E-state index in [-0.39, 0.29) is 43.8 Å². The van der Waals surface area contributed by atoms with Crippen molar-refractivity contribution in [1.29, 1.82) is 0 Å². The Balaban J connectivity index is 1.40. The van der Waals surface area contributed by atoms with Gasteiger partial charge >= 0.3 is 5.97 Å². The average Bonchev–Trinajstić information content (AvgIpc) is 3.43. The summed E-state index contributed by atoms with van der Waals surface area (Å²) in [4.78, 5) is 27.9. The van der Waals surface area contributed by atoms with Crippen LogP contribution in [-0.2, 0) is 14.8 Å². The zero-order valence-corrected chi connectivity index (χ0v) is 25.1. The lowest BCUT2D eigenvalue weighted by Gasteiger charge is -2.37. The Morgan fingerprint density at radius 3 is 2.26 bits per heavy atom. The van der Waals surface area contributed by atoms with Crippen LogP contribution in [0.1, 0.15) is 71.1 Å². The van der Waals surface area contributed by atoms with Gasteiger partial charge in [0, 0.05) is 11.0 Å². The molecule has 0 aromatic heterocycles. The molecule has 3 aliphatic rings. The molecule has 6 nitrogen and oxygen atoms in total. The van der Waals surface area contributed by atoms with Gasteiger partial charge in [0.2, 0.25) is 10.0 Å². The molecule has 11 heteroatoms. The second-order valence-corrected chi connectivity index (χ2v) is 14.6. The van der Waals surface area contributed by atoms with Gasteiger partial charge in [-0.05, 0) is 60.4 Å². The summed E-state index contributed by atoms with van der Waals surface area (Å²) in [6.07, 6.45) is 0.958. The minimum absolute atomic E-state index is 0.0450. The summed E-state index contributed by atoms with van der Waals surface area (Å²) in [5.74, 6) is -3.97. The topological polar surface area (TPSA) is 80.8 Å². The van der Waals surface area contributed by atoms with Crippen molar-refractivity contribution in [3.05, 3.63) is 105 Å². The summed E-state index contributed by atoms with van der Waals surface area (Å²) in [6.45, 7) is 4.14. The second-order valence-electron chi connectivity index (χ2n) is 11.9. The van der Waals surface area contributed by atoms with Gasteiger partial charge in [0.1, 0.15) is 0 Å². The molecule has 0 N–H and O–H groups in total. The molecule has 1 heterocycles. The maximum atomic E-state index is 14.2. The number of carbonyl (C=O) groups is 2. The quantitative estimate of drug-likeness (QED) is 0.278. The number of ether oxygens (including phenoxy) is 1. The van der Waals surface area contributed by atoms with E-state index in [0.29, 0.717) is 18.4 Å². The van der Waals surface area contributed by atoms with Crippen LogP contribution < -0.4 is 0 Å². The Morgan fingerprint density at radius 2 is 1.62 bits per heavy atom. The normalized spacial score (nSPS) is 25.7. The van der Waals surface area contributed by atoms with Crippen molar-refractivity contribution < 1.29 is 31.5 Å². The van der Waals surface area contributed by atoms with Gasteiger partial charge in [0.15, 0.2) is 17.7 Å². The van der Waals surface area contributed by atoms with Crippen LogP contribution in [0.3, 0.4) is 0 Å². The van der Waals surface area contributed by atoms with E-state index in [4.69, 9.17) is 27.9 Å². The molecule has 3 fully saturated rings. The van der Waals surface area contributed by atoms with Crippen LogP contribution in [0.2, 0.25) is 10.0 Å². The highest BCUT2D eigenvalue weighted by Crippen LogP contribution is 2.70. The molecule has 3 aromatic carbocycles. The highest BCUT2D eigenvalue weighted by Gasteiger charge is 2.72. The Morgan fingerprint density at radius 1 is 0.952 bits per heavy atom. The number of amides is 1. The van der Waals surface area contributed by atoms with Crippen molar-refractivity contribution in [2.45, 2.75) is 45.3 Å². The molecular weight excluding hydrogens is 607 g/mol. The van der Waals surface area contributed by atoms with Crippen molar-refractivity contribution in [2.24, 2.45) is 16.7 Å². The zero-order chi connectivity index (χ0) is 30.2. The molecule has 1 aliphatic heterocycles. The summed E-state index contributed by atoms with van der Waals surface area (Å²) in [5, 5.41) is -0.0950. The number of fused-ring (bicyclic) bond motifs is 1. The molecule has 2 saturated carbocycles. The summed E-state index contributed by atoms with van der Waals surface area (Å²) in [6, 6.07) is 13.3. The highest BCUT2D eigenvalue weighted by molar-refractivity contribution is 7.90. The summed E-state index contributed by atoms with van der Waals surface area (Å²) < 4.78 is 61.8. The zero-order valence-electron chi connectivity index (χ0n) is 22.7. The van der Waals surface area contributed by atoms with Gasteiger partial charge in [0.25, 0.3) is 5.91 Å². The molecule has 0 radical (unpaired) electrons. The average molecular weight is 635 g/mol. The van der Waals surface area contributed by atoms with E-state index in [1.807, 2.05) is 0 Å². The number of rotatable bonds is 5. The maximum Gasteiger partial charge on any atom is 0.339 e. The molecule has 4 atom stereocenters. The van der Waals surface area contributed by atoms with Crippen molar-refractivity contribution >= 4 is 45.1 Å². The molecule has 42 heavy (non-hydrogen) atoms. The number of esters is 1. The fourth-order valence-electron chi connectivity index (χ4n) is 7.37. The lowest BCUT2D eigenvalue weighted by Crippen LogP contribution is -2.44. The Hall–Kier alpha value is -3.01. The minimum atomic E-state index is -4.01. The molecule has 3 aromatic rings. The monoisotopic (exact) mass is 633 g/mol. The maximum absolute atomic E-state index is 14.2. The molecule has 2 bridgehead atoms. The van der Waals surface area contributed by atoms with Crippen LogP contribution in [0.25, 0.3) is 0 Å². The van der Waals surface area contributed by atoms with Crippen LogP contribution >= 0.6 is 23.2 Å². The highest BCUT2D eigenvalue weighted by atomic mass is 35.5. The third-order valence-electron chi connectivity index (χ3n) is 9.70. The van der Waals surface area contributed by atoms with Crippen LogP contribution in [0.15, 0.2) is 60.7 Å². The first-order chi connectivity index (χ1) is 19.8. The number of hydrogen-bond donors (Lipinski definition) is 0. The standard InChI is InChI=1S/C31H27Cl2F2NO5S/c1-30(2)19-10-11-31(30)16-42(39,40)36(26(31)13-19)28(37)20-14-22(32)23(33)15-21(20)29(38)41-27(17-6-4-3-5-7-17)18-8-9-24(34)25(35)12-18/h3-9,12,14-15,19,26-27H,10-11,13,16H2,1-2H3/t19-,26-,27-,31-/m0/s1. The van der Waals surface area contributed by atoms with Crippen LogP contribution in [0, 0.1) is 28.4 Å². The molecule has 1 spiro atoms. The molecule has 220 valence electrons. The third kappa shape index (κ3) is 4.35. The SMILES string of the molecule is CC1(C)[C@H]2CC[C@@]13CS(=O)(=O)N(C(=O)c1cc(Cl)c(Cl)cc1C(=O)O[C@@H](c1ccccc1)c1ccc(F)c(F)c1)[C@H]3C2. The lowest BCUT2D eigenvalue weighted by molar-refractivity contribution is 0.0372. The van der Waals surface area contributed by atoms with Gasteiger partial charge in [-0.25, -0.2) is 26.3 Å². The lowest BCUT2D eigenvalue weighted by atomic mass is 9.69. The second kappa shape index (κ2) is 10.0. The first-order valence-corrected chi connectivity index (χ1v) is 15.9. The fraction of sp³-hybridized carbons (Fsp3) is 0.355. The summed E-state index contributed by atoms with van der Waals surface area (Å²) in [5.41, 5.74) is -0.808. The van der Waals surface area contributed by atoms with Crippen molar-refractivity contribution in [3.8, 4) is 0 Å². The van der Waals surface area contributed by atoms with Gasteiger partial charge in [-0.1, -0.05) is 73.4 Å². The molecule has 0 unspecified atom stereocenters. The number of benzene rings is 3. The number of hydrogen-bond acceptors (Lipinski definition) is 5. The first-order valence-electron chi connectivity index (χ1n) is 13.5.